The lowest BCUT2D eigenvalue weighted by Gasteiger charge is -2.34. The minimum atomic E-state index is -1.48. The van der Waals surface area contributed by atoms with Gasteiger partial charge in [0.25, 0.3) is 0 Å². The van der Waals surface area contributed by atoms with Gasteiger partial charge in [0.05, 0.1) is 19.8 Å². The van der Waals surface area contributed by atoms with Gasteiger partial charge >= 0.3 is 5.97 Å². The molecule has 0 aliphatic rings. The van der Waals surface area contributed by atoms with Gasteiger partial charge in [-0.05, 0) is 44.6 Å². The highest BCUT2D eigenvalue weighted by Crippen LogP contribution is 2.19. The number of nitrogens with one attached hydrogen (secondary N) is 3. The van der Waals surface area contributed by atoms with E-state index in [-0.39, 0.29) is 13.0 Å². The largest absolute Gasteiger partial charge is 0.467 e. The summed E-state index contributed by atoms with van der Waals surface area (Å²) in [6, 6.07) is 3.78. The van der Waals surface area contributed by atoms with Crippen molar-refractivity contribution in [1.29, 1.82) is 0 Å². The number of carbonyl (C=O) groups excluding carboxylic acids is 6. The molecule has 0 saturated carbocycles. The Morgan fingerprint density at radius 3 is 1.98 bits per heavy atom. The van der Waals surface area contributed by atoms with E-state index in [1.54, 1.807) is 13.8 Å². The number of hydrogen-bond donors (Lipinski definition) is 7. The number of benzene rings is 1. The van der Waals surface area contributed by atoms with E-state index < -0.39 is 90.8 Å². The van der Waals surface area contributed by atoms with E-state index in [1.165, 1.54) is 19.4 Å². The number of aliphatic hydroxyl groups is 2. The van der Waals surface area contributed by atoms with E-state index in [1.807, 2.05) is 30.3 Å². The van der Waals surface area contributed by atoms with Crippen molar-refractivity contribution in [2.24, 2.45) is 23.3 Å². The zero-order valence-corrected chi connectivity index (χ0v) is 27.9. The van der Waals surface area contributed by atoms with Crippen molar-refractivity contribution in [2.45, 2.75) is 90.0 Å². The average Bonchev–Trinajstić information content (AvgIpc) is 3.05. The minimum absolute atomic E-state index is 0.0178. The van der Waals surface area contributed by atoms with E-state index in [2.05, 4.69) is 16.0 Å². The van der Waals surface area contributed by atoms with Crippen LogP contribution in [0.1, 0.15) is 58.9 Å². The number of rotatable bonds is 20. The van der Waals surface area contributed by atoms with Crippen LogP contribution >= 0.6 is 0 Å². The molecule has 0 heterocycles. The van der Waals surface area contributed by atoms with Crippen LogP contribution in [0.5, 0.6) is 0 Å². The molecular formula is C32H52N6O9. The van der Waals surface area contributed by atoms with Crippen LogP contribution in [0, 0.1) is 11.8 Å². The third-order valence-corrected chi connectivity index (χ3v) is 7.66. The van der Waals surface area contributed by atoms with E-state index in [4.69, 9.17) is 21.3 Å². The molecule has 1 aromatic rings. The molecule has 6 atom stereocenters. The third-order valence-electron chi connectivity index (χ3n) is 7.66. The highest BCUT2D eigenvalue weighted by molar-refractivity contribution is 6.01. The Kier molecular flexibility index (Phi) is 18.4. The minimum Gasteiger partial charge on any atom is -0.467 e. The molecule has 0 spiro atoms. The van der Waals surface area contributed by atoms with Crippen LogP contribution in [0.4, 0.5) is 0 Å². The number of aryl methyl sites for hydroxylation is 1. The summed E-state index contributed by atoms with van der Waals surface area (Å²) in [6.45, 7) is 4.51. The van der Waals surface area contributed by atoms with Crippen molar-refractivity contribution < 1.29 is 43.7 Å². The predicted molar refractivity (Wildman–Crippen MR) is 173 cm³/mol. The summed E-state index contributed by atoms with van der Waals surface area (Å²) in [6.07, 6.45) is 2.82. The van der Waals surface area contributed by atoms with Crippen molar-refractivity contribution >= 4 is 35.5 Å². The van der Waals surface area contributed by atoms with Crippen molar-refractivity contribution in [2.75, 3.05) is 26.9 Å². The summed E-state index contributed by atoms with van der Waals surface area (Å²) < 4.78 is 4.90. The average molecular weight is 665 g/mol. The quantitative estimate of drug-likeness (QED) is 0.0640. The zero-order valence-electron chi connectivity index (χ0n) is 27.9. The number of nitrogens with zero attached hydrogens (tertiary/aromatic N) is 1. The molecule has 47 heavy (non-hydrogen) atoms. The molecular weight excluding hydrogens is 612 g/mol. The fraction of sp³-hybridized carbons (Fsp3) is 0.625. The molecule has 0 aromatic heterocycles. The van der Waals surface area contributed by atoms with E-state index in [0.717, 1.165) is 24.9 Å². The van der Waals surface area contributed by atoms with Gasteiger partial charge in [-0.2, -0.15) is 0 Å². The molecule has 0 fully saturated rings. The molecule has 15 nitrogen and oxygen atoms in total. The van der Waals surface area contributed by atoms with Gasteiger partial charge < -0.3 is 42.4 Å². The molecule has 0 aliphatic carbocycles. The van der Waals surface area contributed by atoms with E-state index in [0.29, 0.717) is 12.8 Å². The second kappa shape index (κ2) is 21.1. The Morgan fingerprint density at radius 2 is 1.43 bits per heavy atom. The maximum Gasteiger partial charge on any atom is 0.329 e. The zero-order chi connectivity index (χ0) is 35.7. The molecule has 15 heteroatoms. The predicted octanol–water partition coefficient (Wildman–Crippen LogP) is -1.28. The van der Waals surface area contributed by atoms with Gasteiger partial charge in [0.15, 0.2) is 0 Å². The van der Waals surface area contributed by atoms with Crippen LogP contribution < -0.4 is 27.4 Å². The highest BCUT2D eigenvalue weighted by Gasteiger charge is 2.41. The molecule has 1 rings (SSSR count). The fourth-order valence-corrected chi connectivity index (χ4v) is 4.68. The number of esters is 1. The van der Waals surface area contributed by atoms with Crippen LogP contribution in [0.3, 0.4) is 0 Å². The number of methoxy groups -OCH3 is 1. The second-order valence-corrected chi connectivity index (χ2v) is 11.8. The number of aliphatic hydroxyl groups excluding tert-OH is 2. The summed E-state index contributed by atoms with van der Waals surface area (Å²) >= 11 is 0. The Bertz CT molecular complexity index is 1180. The van der Waals surface area contributed by atoms with Gasteiger partial charge in [-0.3, -0.25) is 28.9 Å². The molecule has 0 bridgehead atoms. The summed E-state index contributed by atoms with van der Waals surface area (Å²) in [5.41, 5.74) is 12.8. The number of imide groups is 1. The topological polar surface area (TPSA) is 243 Å². The summed E-state index contributed by atoms with van der Waals surface area (Å²) in [4.78, 5) is 77.7. The Labute approximate surface area is 276 Å². The van der Waals surface area contributed by atoms with Gasteiger partial charge in [-0.25, -0.2) is 4.79 Å². The molecule has 9 N–H and O–H groups in total. The van der Waals surface area contributed by atoms with E-state index in [9.17, 15) is 33.9 Å². The molecule has 5 amide bonds. The van der Waals surface area contributed by atoms with Gasteiger partial charge in [-0.1, -0.05) is 50.6 Å². The first-order chi connectivity index (χ1) is 22.2. The smallest absolute Gasteiger partial charge is 0.329 e. The van der Waals surface area contributed by atoms with Crippen molar-refractivity contribution in [3.63, 3.8) is 0 Å². The van der Waals surface area contributed by atoms with Crippen LogP contribution in [-0.2, 0) is 39.9 Å². The van der Waals surface area contributed by atoms with Crippen LogP contribution in [0.2, 0.25) is 0 Å². The summed E-state index contributed by atoms with van der Waals surface area (Å²) in [5.74, 6) is -5.99. The van der Waals surface area contributed by atoms with Gasteiger partial charge in [-0.15, -0.1) is 0 Å². The van der Waals surface area contributed by atoms with Crippen molar-refractivity contribution in [3.8, 4) is 0 Å². The number of nitrogens with two attached hydrogens (primary N) is 2. The SMILES string of the molecule is COC(=O)[C@H](C(C)C)N(C(=O)CCCCCc1ccccc1)C(=O)[C@@H](N)C(CO)CNC(=O)[C@H](C)NC(=O)[C@H](C)NC(=O)[C@@H](N)CO. The third kappa shape index (κ3) is 13.4. The van der Waals surface area contributed by atoms with E-state index >= 15 is 0 Å². The maximum atomic E-state index is 13.7. The number of amides is 5. The monoisotopic (exact) mass is 664 g/mol. The molecule has 1 aromatic carbocycles. The molecule has 264 valence electrons. The molecule has 0 radical (unpaired) electrons. The van der Waals surface area contributed by atoms with Crippen molar-refractivity contribution in [1.82, 2.24) is 20.9 Å². The van der Waals surface area contributed by atoms with Gasteiger partial charge in [0.2, 0.25) is 29.5 Å². The maximum absolute atomic E-state index is 13.7. The van der Waals surface area contributed by atoms with Crippen LogP contribution in [0.25, 0.3) is 0 Å². The van der Waals surface area contributed by atoms with Crippen LogP contribution in [0.15, 0.2) is 30.3 Å². The summed E-state index contributed by atoms with van der Waals surface area (Å²) in [5, 5.41) is 26.3. The lowest BCUT2D eigenvalue weighted by atomic mass is 9.95. The first-order valence-electron chi connectivity index (χ1n) is 15.8. The normalized spacial score (nSPS) is 14.9. The van der Waals surface area contributed by atoms with Crippen LogP contribution in [-0.4, -0.2) is 108 Å². The lowest BCUT2D eigenvalue weighted by molar-refractivity contribution is -0.163. The first kappa shape index (κ1) is 41.1. The summed E-state index contributed by atoms with van der Waals surface area (Å²) in [7, 11) is 1.15. The molecule has 1 unspecified atom stereocenters. The first-order valence-corrected chi connectivity index (χ1v) is 15.8. The Morgan fingerprint density at radius 1 is 0.830 bits per heavy atom. The molecule has 0 saturated heterocycles. The number of unbranched alkanes of at least 4 members (excludes halogenated alkanes) is 2. The second-order valence-electron chi connectivity index (χ2n) is 11.8. The number of hydrogen-bond acceptors (Lipinski definition) is 11. The number of ether oxygens (including phenoxy) is 1. The number of carbonyl (C=O) groups is 6. The van der Waals surface area contributed by atoms with Gasteiger partial charge in [0, 0.05) is 25.5 Å². The molecule has 0 aliphatic heterocycles. The highest BCUT2D eigenvalue weighted by atomic mass is 16.5. The fourth-order valence-electron chi connectivity index (χ4n) is 4.68. The lowest BCUT2D eigenvalue weighted by Crippen LogP contribution is -2.59. The Hall–Kier alpha value is -3.92. The van der Waals surface area contributed by atoms with Gasteiger partial charge in [0.1, 0.15) is 24.2 Å². The standard InChI is InChI=1S/C32H52N6O9/c1-19(2)27(32(46)47-5)38(25(41)15-11-7-10-14-22-12-8-6-9-13-22)31(45)26(34)23(17-39)16-35-28(42)20(3)36-29(43)21(4)37-30(44)24(33)18-40/h6,8-9,12-13,19-21,23-24,26-27,39-40H,7,10-11,14-18,33-34H2,1-5H3,(H,35,42)(H,36,43)(H,37,44)/t20-,21-,23?,24-,26-,27-/m0/s1. The van der Waals surface area contributed by atoms with Crippen molar-refractivity contribution in [3.05, 3.63) is 35.9 Å². The Balaban J connectivity index is 2.91.